The van der Waals surface area contributed by atoms with Crippen molar-refractivity contribution in [2.45, 2.75) is 22.3 Å². The van der Waals surface area contributed by atoms with Crippen LogP contribution in [0.4, 0.5) is 0 Å². The van der Waals surface area contributed by atoms with Gasteiger partial charge in [0, 0.05) is 18.2 Å². The number of nitrogens with two attached hydrogens (primary N) is 1. The van der Waals surface area contributed by atoms with Crippen LogP contribution in [0.5, 0.6) is 0 Å². The summed E-state index contributed by atoms with van der Waals surface area (Å²) in [5.74, 6) is -0.0536. The van der Waals surface area contributed by atoms with Crippen molar-refractivity contribution in [3.05, 3.63) is 35.9 Å². The summed E-state index contributed by atoms with van der Waals surface area (Å²) >= 11 is 0. The van der Waals surface area contributed by atoms with E-state index in [9.17, 15) is 16.8 Å². The van der Waals surface area contributed by atoms with Gasteiger partial charge >= 0.3 is 0 Å². The SMILES string of the molecule is NS(=O)(=O)c1c(S(=O)(=O)N[C@@H]2CCNC2)ccc(-c2cccc3nonc23)c1C1=NCN=N1. The Morgan fingerprint density at radius 1 is 1.09 bits per heavy atom. The van der Waals surface area contributed by atoms with E-state index in [2.05, 4.69) is 35.6 Å². The second-order valence-electron chi connectivity index (χ2n) is 7.47. The lowest BCUT2D eigenvalue weighted by atomic mass is 9.97. The molecule has 13 nitrogen and oxygen atoms in total. The van der Waals surface area contributed by atoms with E-state index < -0.39 is 29.8 Å². The molecule has 3 aromatic rings. The van der Waals surface area contributed by atoms with Crippen molar-refractivity contribution < 1.29 is 21.5 Å². The molecule has 4 N–H and O–H groups in total. The summed E-state index contributed by atoms with van der Waals surface area (Å²) in [7, 11) is -8.83. The Morgan fingerprint density at radius 2 is 1.94 bits per heavy atom. The Hall–Kier alpha value is -3.11. The van der Waals surface area contributed by atoms with Crippen molar-refractivity contribution in [3.63, 3.8) is 0 Å². The number of aliphatic imine (C=N–C) groups is 1. The molecule has 0 spiro atoms. The summed E-state index contributed by atoms with van der Waals surface area (Å²) in [4.78, 5) is 3.03. The van der Waals surface area contributed by atoms with Crippen LogP contribution < -0.4 is 15.2 Å². The maximum Gasteiger partial charge on any atom is 0.242 e. The highest BCUT2D eigenvalue weighted by molar-refractivity contribution is 7.92. The van der Waals surface area contributed by atoms with Crippen molar-refractivity contribution in [2.75, 3.05) is 19.8 Å². The van der Waals surface area contributed by atoms with E-state index in [1.807, 2.05) is 0 Å². The summed E-state index contributed by atoms with van der Waals surface area (Å²) in [6.45, 7) is 1.04. The first kappa shape index (κ1) is 21.7. The molecule has 1 fully saturated rings. The lowest BCUT2D eigenvalue weighted by Crippen LogP contribution is -2.37. The van der Waals surface area contributed by atoms with Crippen LogP contribution in [0, 0.1) is 0 Å². The van der Waals surface area contributed by atoms with E-state index in [1.165, 1.54) is 12.1 Å². The second-order valence-corrected chi connectivity index (χ2v) is 10.7. The minimum atomic E-state index is -4.57. The van der Waals surface area contributed by atoms with Crippen LogP contribution in [-0.2, 0) is 20.0 Å². The van der Waals surface area contributed by atoms with Crippen LogP contribution in [0.15, 0.2) is 60.0 Å². The minimum absolute atomic E-state index is 0.0302. The summed E-state index contributed by atoms with van der Waals surface area (Å²) in [5, 5.41) is 24.0. The predicted molar refractivity (Wildman–Crippen MR) is 116 cm³/mol. The number of nitrogens with zero attached hydrogens (tertiary/aromatic N) is 5. The van der Waals surface area contributed by atoms with Crippen LogP contribution in [0.25, 0.3) is 22.2 Å². The quantitative estimate of drug-likeness (QED) is 0.440. The summed E-state index contributed by atoms with van der Waals surface area (Å²) in [6.07, 6.45) is 0.566. The highest BCUT2D eigenvalue weighted by Gasteiger charge is 2.34. The number of amidine groups is 1. The molecule has 2 aliphatic rings. The van der Waals surface area contributed by atoms with Gasteiger partial charge in [-0.3, -0.25) is 0 Å². The van der Waals surface area contributed by atoms with Crippen LogP contribution in [0.2, 0.25) is 0 Å². The largest absolute Gasteiger partial charge is 0.315 e. The molecule has 0 aliphatic carbocycles. The normalized spacial score (nSPS) is 18.8. The van der Waals surface area contributed by atoms with Gasteiger partial charge in [0.05, 0.1) is 5.56 Å². The van der Waals surface area contributed by atoms with Gasteiger partial charge in [-0.15, -0.1) is 5.11 Å². The van der Waals surface area contributed by atoms with E-state index in [0.29, 0.717) is 41.7 Å². The number of azo groups is 1. The fraction of sp³-hybridized carbons (Fsp3) is 0.278. The highest BCUT2D eigenvalue weighted by Crippen LogP contribution is 2.37. The van der Waals surface area contributed by atoms with E-state index in [4.69, 9.17) is 9.77 Å². The Kier molecular flexibility index (Phi) is 5.29. The molecule has 0 bridgehead atoms. The molecule has 1 saturated heterocycles. The van der Waals surface area contributed by atoms with Gasteiger partial charge in [-0.1, -0.05) is 18.2 Å². The maximum absolute atomic E-state index is 13.3. The average molecular weight is 491 g/mol. The number of primary sulfonamides is 1. The molecular formula is C18H18N8O5S2. The number of nitrogens with one attached hydrogen (secondary N) is 2. The fourth-order valence-corrected chi connectivity index (χ4v) is 6.80. The molecule has 0 saturated carbocycles. The van der Waals surface area contributed by atoms with Gasteiger partial charge in [0.15, 0.2) is 12.5 Å². The van der Waals surface area contributed by atoms with E-state index in [0.717, 1.165) is 0 Å². The molecule has 2 aliphatic heterocycles. The molecular weight excluding hydrogens is 472 g/mol. The van der Waals surface area contributed by atoms with Crippen molar-refractivity contribution in [1.29, 1.82) is 0 Å². The molecule has 33 heavy (non-hydrogen) atoms. The molecule has 0 amide bonds. The molecule has 1 aromatic heterocycles. The predicted octanol–water partition coefficient (Wildman–Crippen LogP) is 0.347. The number of aromatic nitrogens is 2. The highest BCUT2D eigenvalue weighted by atomic mass is 32.2. The Bertz CT molecular complexity index is 1520. The summed E-state index contributed by atoms with van der Waals surface area (Å²) in [5.41, 5.74) is 1.43. The van der Waals surface area contributed by atoms with Gasteiger partial charge < -0.3 is 5.32 Å². The number of sulfonamides is 2. The van der Waals surface area contributed by atoms with Gasteiger partial charge in [0.2, 0.25) is 20.0 Å². The van der Waals surface area contributed by atoms with Crippen LogP contribution >= 0.6 is 0 Å². The third-order valence-corrected chi connectivity index (χ3v) is 8.01. The first-order chi connectivity index (χ1) is 15.8. The third kappa shape index (κ3) is 3.93. The Balaban J connectivity index is 1.81. The zero-order valence-electron chi connectivity index (χ0n) is 17.0. The first-order valence-corrected chi connectivity index (χ1v) is 12.9. The number of hydrogen-bond acceptors (Lipinski definition) is 11. The topological polar surface area (TPSA) is 194 Å². The molecule has 1 atom stereocenters. The van der Waals surface area contributed by atoms with Gasteiger partial charge in [-0.25, -0.2) is 36.3 Å². The molecule has 3 heterocycles. The number of hydrogen-bond donors (Lipinski definition) is 3. The van der Waals surface area contributed by atoms with Gasteiger partial charge in [0.25, 0.3) is 0 Å². The second kappa shape index (κ2) is 8.03. The average Bonchev–Trinajstić information content (AvgIpc) is 3.53. The zero-order valence-corrected chi connectivity index (χ0v) is 18.6. The summed E-state index contributed by atoms with van der Waals surface area (Å²) < 4.78 is 59.5. The van der Waals surface area contributed by atoms with Crippen LogP contribution in [0.1, 0.15) is 12.0 Å². The molecule has 0 unspecified atom stereocenters. The van der Waals surface area contributed by atoms with Gasteiger partial charge in [0.1, 0.15) is 20.8 Å². The first-order valence-electron chi connectivity index (χ1n) is 9.82. The fourth-order valence-electron chi connectivity index (χ4n) is 3.92. The van der Waals surface area contributed by atoms with Gasteiger partial charge in [-0.05, 0) is 41.0 Å². The number of rotatable bonds is 6. The molecule has 2 aromatic carbocycles. The molecule has 0 radical (unpaired) electrons. The molecule has 172 valence electrons. The standard InChI is InChI=1S/C18H18N8O5S2/c19-32(27,28)17-14(33(29,30)26-10-6-7-20-8-10)5-4-11(15(17)18-21-9-22-23-18)12-2-1-3-13-16(12)25-31-24-13/h1-5,10,20,26H,6-9H2,(H2,19,27,28)/t10-/m1/s1. The minimum Gasteiger partial charge on any atom is -0.315 e. The third-order valence-electron chi connectivity index (χ3n) is 5.33. The van der Waals surface area contributed by atoms with Crippen molar-refractivity contribution in [3.8, 4) is 11.1 Å². The van der Waals surface area contributed by atoms with Crippen molar-refractivity contribution in [2.24, 2.45) is 20.4 Å². The monoisotopic (exact) mass is 490 g/mol. The van der Waals surface area contributed by atoms with Crippen molar-refractivity contribution in [1.82, 2.24) is 20.4 Å². The van der Waals surface area contributed by atoms with E-state index in [1.54, 1.807) is 18.2 Å². The Morgan fingerprint density at radius 3 is 2.64 bits per heavy atom. The lowest BCUT2D eigenvalue weighted by Gasteiger charge is -2.18. The van der Waals surface area contributed by atoms with E-state index in [-0.39, 0.29) is 24.1 Å². The maximum atomic E-state index is 13.3. The Labute approximate surface area is 188 Å². The van der Waals surface area contributed by atoms with Crippen LogP contribution in [0.3, 0.4) is 0 Å². The smallest absolute Gasteiger partial charge is 0.242 e. The summed E-state index contributed by atoms with van der Waals surface area (Å²) in [6, 6.07) is 7.29. The van der Waals surface area contributed by atoms with Crippen molar-refractivity contribution >= 4 is 36.9 Å². The van der Waals surface area contributed by atoms with E-state index >= 15 is 0 Å². The molecule has 15 heteroatoms. The molecule has 5 rings (SSSR count). The number of benzene rings is 2. The number of fused-ring (bicyclic) bond motifs is 1. The van der Waals surface area contributed by atoms with Gasteiger partial charge in [-0.2, -0.15) is 5.11 Å². The lowest BCUT2D eigenvalue weighted by molar-refractivity contribution is 0.315. The zero-order chi connectivity index (χ0) is 23.2. The van der Waals surface area contributed by atoms with Crippen LogP contribution in [-0.4, -0.2) is 58.8 Å².